The van der Waals surface area contributed by atoms with E-state index < -0.39 is 5.97 Å². The lowest BCUT2D eigenvalue weighted by atomic mass is 10.1. The maximum Gasteiger partial charge on any atom is 0.305 e. The lowest BCUT2D eigenvalue weighted by Gasteiger charge is -2.07. The molecule has 2 amide bonds. The normalized spacial score (nSPS) is 10.3. The number of benzene rings is 1. The van der Waals surface area contributed by atoms with E-state index in [1.54, 1.807) is 35.6 Å². The third kappa shape index (κ3) is 6.68. The van der Waals surface area contributed by atoms with E-state index in [0.29, 0.717) is 17.7 Å². The molecule has 0 aliphatic rings. The van der Waals surface area contributed by atoms with Gasteiger partial charge in [-0.25, -0.2) is 0 Å². The first-order valence-corrected chi connectivity index (χ1v) is 9.21. The largest absolute Gasteiger partial charge is 0.481 e. The summed E-state index contributed by atoms with van der Waals surface area (Å²) in [5.41, 5.74) is 1.05. The van der Waals surface area contributed by atoms with Gasteiger partial charge < -0.3 is 15.7 Å². The fourth-order valence-corrected chi connectivity index (χ4v) is 3.29. The van der Waals surface area contributed by atoms with Gasteiger partial charge in [0.25, 0.3) is 5.91 Å². The minimum Gasteiger partial charge on any atom is -0.481 e. The molecule has 138 valence electrons. The van der Waals surface area contributed by atoms with Crippen molar-refractivity contribution in [2.45, 2.75) is 32.6 Å². The molecule has 0 saturated carbocycles. The van der Waals surface area contributed by atoms with Gasteiger partial charge in [0.05, 0.1) is 6.42 Å². The van der Waals surface area contributed by atoms with Crippen LogP contribution in [0, 0.1) is 6.92 Å². The first-order chi connectivity index (χ1) is 12.4. The van der Waals surface area contributed by atoms with Crippen molar-refractivity contribution in [1.29, 1.82) is 0 Å². The van der Waals surface area contributed by atoms with Crippen molar-refractivity contribution in [2.75, 3.05) is 11.9 Å². The van der Waals surface area contributed by atoms with Crippen LogP contribution in [0.3, 0.4) is 0 Å². The Morgan fingerprint density at radius 1 is 1.04 bits per heavy atom. The highest BCUT2D eigenvalue weighted by molar-refractivity contribution is 7.11. The molecule has 0 fully saturated rings. The monoisotopic (exact) mass is 374 g/mol. The number of amides is 2. The van der Waals surface area contributed by atoms with E-state index in [1.165, 1.54) is 9.75 Å². The second kappa shape index (κ2) is 9.72. The third-order valence-electron chi connectivity index (χ3n) is 3.68. The van der Waals surface area contributed by atoms with E-state index >= 15 is 0 Å². The van der Waals surface area contributed by atoms with Crippen molar-refractivity contribution in [3.05, 3.63) is 51.7 Å². The van der Waals surface area contributed by atoms with Crippen molar-refractivity contribution in [1.82, 2.24) is 5.32 Å². The summed E-state index contributed by atoms with van der Waals surface area (Å²) in [6, 6.07) is 10.7. The van der Waals surface area contributed by atoms with Crippen LogP contribution in [0.15, 0.2) is 36.4 Å². The molecule has 0 saturated heterocycles. The molecule has 0 aliphatic heterocycles. The molecule has 26 heavy (non-hydrogen) atoms. The van der Waals surface area contributed by atoms with Gasteiger partial charge in [0.15, 0.2) is 0 Å². The molecule has 0 spiro atoms. The number of carboxylic acid groups (broad SMARTS) is 1. The van der Waals surface area contributed by atoms with Crippen molar-refractivity contribution in [3.63, 3.8) is 0 Å². The molecule has 0 atom stereocenters. The maximum absolute atomic E-state index is 12.0. The number of carbonyl (C=O) groups is 3. The predicted molar refractivity (Wildman–Crippen MR) is 102 cm³/mol. The number of carbonyl (C=O) groups excluding carboxylic acids is 2. The molecule has 7 heteroatoms. The SMILES string of the molecule is Cc1ccc(CCCC(=O)Nc2ccc(C(=O)NCCC(=O)O)cc2)s1. The molecule has 1 heterocycles. The Morgan fingerprint density at radius 3 is 2.38 bits per heavy atom. The van der Waals surface area contributed by atoms with Crippen molar-refractivity contribution in [3.8, 4) is 0 Å². The van der Waals surface area contributed by atoms with E-state index in [-0.39, 0.29) is 24.8 Å². The molecule has 0 bridgehead atoms. The lowest BCUT2D eigenvalue weighted by Crippen LogP contribution is -2.25. The molecule has 1 aromatic heterocycles. The number of nitrogens with one attached hydrogen (secondary N) is 2. The predicted octanol–water partition coefficient (Wildman–Crippen LogP) is 3.22. The second-order valence-corrected chi connectivity index (χ2v) is 7.26. The van der Waals surface area contributed by atoms with E-state index in [1.807, 2.05) is 0 Å². The quantitative estimate of drug-likeness (QED) is 0.628. The molecule has 1 aromatic carbocycles. The summed E-state index contributed by atoms with van der Waals surface area (Å²) in [5.74, 6) is -1.36. The number of hydrogen-bond acceptors (Lipinski definition) is 4. The fraction of sp³-hybridized carbons (Fsp3) is 0.316. The number of aryl methyl sites for hydroxylation is 2. The standard InChI is InChI=1S/C19H22N2O4S/c1-13-5-10-16(26-13)3-2-4-17(22)21-15-8-6-14(7-9-15)19(25)20-12-11-18(23)24/h5-10H,2-4,11-12H2,1H3,(H,20,25)(H,21,22)(H,23,24). The Hall–Kier alpha value is -2.67. The zero-order chi connectivity index (χ0) is 18.9. The minimum absolute atomic E-state index is 0.0584. The Labute approximate surface area is 156 Å². The molecule has 6 nitrogen and oxygen atoms in total. The van der Waals surface area contributed by atoms with Crippen LogP contribution < -0.4 is 10.6 Å². The lowest BCUT2D eigenvalue weighted by molar-refractivity contribution is -0.136. The van der Waals surface area contributed by atoms with Crippen LogP contribution in [0.5, 0.6) is 0 Å². The van der Waals surface area contributed by atoms with Crippen molar-refractivity contribution in [2.24, 2.45) is 0 Å². The number of aliphatic carboxylic acids is 1. The first-order valence-electron chi connectivity index (χ1n) is 8.39. The molecule has 2 aromatic rings. The summed E-state index contributed by atoms with van der Waals surface area (Å²) in [6.07, 6.45) is 2.00. The van der Waals surface area contributed by atoms with Crippen LogP contribution >= 0.6 is 11.3 Å². The van der Waals surface area contributed by atoms with Crippen LogP contribution in [0.1, 0.15) is 39.4 Å². The zero-order valence-corrected chi connectivity index (χ0v) is 15.4. The zero-order valence-electron chi connectivity index (χ0n) is 14.6. The van der Waals surface area contributed by atoms with Crippen LogP contribution in [0.2, 0.25) is 0 Å². The maximum atomic E-state index is 12.0. The number of rotatable bonds is 9. The summed E-state index contributed by atoms with van der Waals surface area (Å²) in [6.45, 7) is 2.15. The average molecular weight is 374 g/mol. The van der Waals surface area contributed by atoms with Crippen LogP contribution in [-0.4, -0.2) is 29.4 Å². The molecular weight excluding hydrogens is 352 g/mol. The number of carboxylic acids is 1. The van der Waals surface area contributed by atoms with Gasteiger partial charge in [-0.05, 0) is 56.2 Å². The smallest absolute Gasteiger partial charge is 0.305 e. The first kappa shape index (κ1) is 19.7. The summed E-state index contributed by atoms with van der Waals surface area (Å²) in [5, 5.41) is 13.9. The van der Waals surface area contributed by atoms with Gasteiger partial charge >= 0.3 is 5.97 Å². The van der Waals surface area contributed by atoms with Gasteiger partial charge in [-0.15, -0.1) is 11.3 Å². The minimum atomic E-state index is -0.961. The summed E-state index contributed by atoms with van der Waals surface area (Å²) in [7, 11) is 0. The van der Waals surface area contributed by atoms with Crippen molar-refractivity contribution >= 4 is 34.8 Å². The second-order valence-electron chi connectivity index (χ2n) is 5.89. The molecule has 0 unspecified atom stereocenters. The number of anilines is 1. The molecule has 0 aliphatic carbocycles. The van der Waals surface area contributed by atoms with Gasteiger partial charge in [-0.3, -0.25) is 14.4 Å². The highest BCUT2D eigenvalue weighted by atomic mass is 32.1. The van der Waals surface area contributed by atoms with Crippen LogP contribution in [-0.2, 0) is 16.0 Å². The topological polar surface area (TPSA) is 95.5 Å². The van der Waals surface area contributed by atoms with E-state index in [0.717, 1.165) is 12.8 Å². The molecule has 3 N–H and O–H groups in total. The summed E-state index contributed by atoms with van der Waals surface area (Å²) >= 11 is 1.75. The van der Waals surface area contributed by atoms with Crippen LogP contribution in [0.25, 0.3) is 0 Å². The highest BCUT2D eigenvalue weighted by Crippen LogP contribution is 2.17. The average Bonchev–Trinajstić information content (AvgIpc) is 3.00. The highest BCUT2D eigenvalue weighted by Gasteiger charge is 2.08. The Bertz CT molecular complexity index is 768. The van der Waals surface area contributed by atoms with Gasteiger partial charge in [0.1, 0.15) is 0 Å². The Kier molecular flexibility index (Phi) is 7.35. The van der Waals surface area contributed by atoms with E-state index in [9.17, 15) is 14.4 Å². The Morgan fingerprint density at radius 2 is 1.77 bits per heavy atom. The Balaban J connectivity index is 1.74. The van der Waals surface area contributed by atoms with Gasteiger partial charge in [0.2, 0.25) is 5.91 Å². The van der Waals surface area contributed by atoms with Crippen molar-refractivity contribution < 1.29 is 19.5 Å². The molecule has 2 rings (SSSR count). The van der Waals surface area contributed by atoms with Gasteiger partial charge in [-0.2, -0.15) is 0 Å². The van der Waals surface area contributed by atoms with E-state index in [4.69, 9.17) is 5.11 Å². The van der Waals surface area contributed by atoms with E-state index in [2.05, 4.69) is 29.7 Å². The van der Waals surface area contributed by atoms with Gasteiger partial charge in [-0.1, -0.05) is 0 Å². The van der Waals surface area contributed by atoms with Crippen LogP contribution in [0.4, 0.5) is 5.69 Å². The third-order valence-corrected chi connectivity index (χ3v) is 4.74. The molecule has 0 radical (unpaired) electrons. The number of hydrogen-bond donors (Lipinski definition) is 3. The molecular formula is C19H22N2O4S. The summed E-state index contributed by atoms with van der Waals surface area (Å²) < 4.78 is 0. The number of thiophene rings is 1. The van der Waals surface area contributed by atoms with Gasteiger partial charge in [0, 0.05) is 34.0 Å². The fourth-order valence-electron chi connectivity index (χ4n) is 2.36. The summed E-state index contributed by atoms with van der Waals surface area (Å²) in [4.78, 5) is 36.8.